The van der Waals surface area contributed by atoms with Gasteiger partial charge in [0, 0.05) is 6.54 Å². The van der Waals surface area contributed by atoms with Crippen LogP contribution >= 0.6 is 0 Å². The third-order valence-electron chi connectivity index (χ3n) is 1.97. The van der Waals surface area contributed by atoms with Gasteiger partial charge in [-0.25, -0.2) is 4.79 Å². The van der Waals surface area contributed by atoms with E-state index in [0.717, 1.165) is 5.56 Å². The molecule has 0 aromatic heterocycles. The average molecular weight is 162 g/mol. The van der Waals surface area contributed by atoms with Crippen LogP contribution in [0.15, 0.2) is 30.3 Å². The Hall–Kier alpha value is -1.51. The summed E-state index contributed by atoms with van der Waals surface area (Å²) in [5.41, 5.74) is 1.15. The minimum absolute atomic E-state index is 0.0798. The quantitative estimate of drug-likeness (QED) is 0.636. The summed E-state index contributed by atoms with van der Waals surface area (Å²) in [6.07, 6.45) is 0. The molecule has 1 saturated heterocycles. The molecule has 1 aromatic carbocycles. The fraction of sp³-hybridized carbons (Fsp3) is 0.222. The van der Waals surface area contributed by atoms with Crippen LogP contribution in [-0.2, 0) is 0 Å². The largest absolute Gasteiger partial charge is 0.336 e. The molecule has 0 bridgehead atoms. The number of urea groups is 1. The molecule has 1 heterocycles. The molecule has 3 heteroatoms. The summed E-state index contributed by atoms with van der Waals surface area (Å²) < 4.78 is 0. The van der Waals surface area contributed by atoms with Crippen molar-refractivity contribution in [3.63, 3.8) is 0 Å². The van der Waals surface area contributed by atoms with Gasteiger partial charge in [-0.05, 0) is 5.56 Å². The van der Waals surface area contributed by atoms with Gasteiger partial charge in [-0.3, -0.25) is 0 Å². The van der Waals surface area contributed by atoms with Crippen LogP contribution in [0.2, 0.25) is 0 Å². The van der Waals surface area contributed by atoms with E-state index in [2.05, 4.69) is 10.6 Å². The van der Waals surface area contributed by atoms with Crippen molar-refractivity contribution < 1.29 is 4.79 Å². The number of rotatable bonds is 1. The highest BCUT2D eigenvalue weighted by atomic mass is 16.2. The molecule has 0 saturated carbocycles. The van der Waals surface area contributed by atoms with Crippen LogP contribution in [0.3, 0.4) is 0 Å². The molecule has 3 nitrogen and oxygen atoms in total. The normalized spacial score (nSPS) is 21.7. The standard InChI is InChI=1S/C9H10N2O/c12-9-10-6-8(11-9)7-4-2-1-3-5-7/h1-5,8H,6H2,(H2,10,11,12). The van der Waals surface area contributed by atoms with Gasteiger partial charge in [0.1, 0.15) is 0 Å². The number of carbonyl (C=O) groups is 1. The van der Waals surface area contributed by atoms with Gasteiger partial charge in [-0.15, -0.1) is 0 Å². The highest BCUT2D eigenvalue weighted by molar-refractivity contribution is 5.76. The van der Waals surface area contributed by atoms with Crippen molar-refractivity contribution >= 4 is 6.03 Å². The first kappa shape index (κ1) is 7.16. The fourth-order valence-corrected chi connectivity index (χ4v) is 1.34. The zero-order chi connectivity index (χ0) is 8.39. The van der Waals surface area contributed by atoms with Gasteiger partial charge in [0.15, 0.2) is 0 Å². The van der Waals surface area contributed by atoms with E-state index in [0.29, 0.717) is 6.54 Å². The predicted octanol–water partition coefficient (Wildman–Crippen LogP) is 1.04. The first-order valence-electron chi connectivity index (χ1n) is 3.95. The lowest BCUT2D eigenvalue weighted by atomic mass is 10.1. The monoisotopic (exact) mass is 162 g/mol. The topological polar surface area (TPSA) is 41.1 Å². The smallest absolute Gasteiger partial charge is 0.315 e. The summed E-state index contributed by atoms with van der Waals surface area (Å²) in [4.78, 5) is 10.8. The summed E-state index contributed by atoms with van der Waals surface area (Å²) in [6, 6.07) is 9.99. The highest BCUT2D eigenvalue weighted by Gasteiger charge is 2.20. The number of hydrogen-bond donors (Lipinski definition) is 2. The maximum atomic E-state index is 10.8. The van der Waals surface area contributed by atoms with Crippen molar-refractivity contribution in [3.8, 4) is 0 Å². The van der Waals surface area contributed by atoms with Gasteiger partial charge >= 0.3 is 6.03 Å². The SMILES string of the molecule is O=C1NCC(c2ccccc2)N1. The number of benzene rings is 1. The molecular weight excluding hydrogens is 152 g/mol. The summed E-state index contributed by atoms with van der Waals surface area (Å²) in [7, 11) is 0. The van der Waals surface area contributed by atoms with Crippen LogP contribution in [-0.4, -0.2) is 12.6 Å². The second kappa shape index (κ2) is 2.85. The molecule has 2 amide bonds. The molecule has 1 aromatic rings. The van der Waals surface area contributed by atoms with Crippen LogP contribution in [0, 0.1) is 0 Å². The summed E-state index contributed by atoms with van der Waals surface area (Å²) in [5, 5.41) is 5.54. The molecule has 1 aliphatic heterocycles. The minimum atomic E-state index is -0.0798. The van der Waals surface area contributed by atoms with E-state index in [1.165, 1.54) is 0 Å². The van der Waals surface area contributed by atoms with Crippen molar-refractivity contribution in [1.29, 1.82) is 0 Å². The minimum Gasteiger partial charge on any atom is -0.336 e. The third-order valence-corrected chi connectivity index (χ3v) is 1.97. The maximum absolute atomic E-state index is 10.8. The van der Waals surface area contributed by atoms with Gasteiger partial charge < -0.3 is 10.6 Å². The molecule has 1 aliphatic rings. The molecule has 2 rings (SSSR count). The average Bonchev–Trinajstić information content (AvgIpc) is 2.54. The van der Waals surface area contributed by atoms with E-state index < -0.39 is 0 Å². The van der Waals surface area contributed by atoms with E-state index in [9.17, 15) is 4.79 Å². The zero-order valence-electron chi connectivity index (χ0n) is 6.58. The Kier molecular flexibility index (Phi) is 1.70. The van der Waals surface area contributed by atoms with Gasteiger partial charge in [0.2, 0.25) is 0 Å². The second-order valence-electron chi connectivity index (χ2n) is 2.82. The predicted molar refractivity (Wildman–Crippen MR) is 45.7 cm³/mol. The highest BCUT2D eigenvalue weighted by Crippen LogP contribution is 2.13. The molecule has 0 radical (unpaired) electrons. The van der Waals surface area contributed by atoms with E-state index in [-0.39, 0.29) is 12.1 Å². The van der Waals surface area contributed by atoms with Gasteiger partial charge in [-0.1, -0.05) is 30.3 Å². The molecule has 0 spiro atoms. The molecular formula is C9H10N2O. The van der Waals surface area contributed by atoms with Crippen molar-refractivity contribution in [2.24, 2.45) is 0 Å². The Labute approximate surface area is 70.8 Å². The van der Waals surface area contributed by atoms with Crippen LogP contribution < -0.4 is 10.6 Å². The van der Waals surface area contributed by atoms with Gasteiger partial charge in [0.25, 0.3) is 0 Å². The molecule has 1 unspecified atom stereocenters. The lowest BCUT2D eigenvalue weighted by Crippen LogP contribution is -2.21. The summed E-state index contributed by atoms with van der Waals surface area (Å²) >= 11 is 0. The van der Waals surface area contributed by atoms with Crippen LogP contribution in [0.4, 0.5) is 4.79 Å². The Morgan fingerprint density at radius 3 is 2.58 bits per heavy atom. The number of hydrogen-bond acceptors (Lipinski definition) is 1. The van der Waals surface area contributed by atoms with Crippen LogP contribution in [0.5, 0.6) is 0 Å². The molecule has 1 atom stereocenters. The van der Waals surface area contributed by atoms with Crippen molar-refractivity contribution in [2.75, 3.05) is 6.54 Å². The Morgan fingerprint density at radius 2 is 2.00 bits per heavy atom. The van der Waals surface area contributed by atoms with Crippen LogP contribution in [0.25, 0.3) is 0 Å². The molecule has 62 valence electrons. The Morgan fingerprint density at radius 1 is 1.25 bits per heavy atom. The van der Waals surface area contributed by atoms with Crippen molar-refractivity contribution in [1.82, 2.24) is 10.6 Å². The number of nitrogens with one attached hydrogen (secondary N) is 2. The van der Waals surface area contributed by atoms with E-state index in [4.69, 9.17) is 0 Å². The fourth-order valence-electron chi connectivity index (χ4n) is 1.34. The molecule has 1 fully saturated rings. The van der Waals surface area contributed by atoms with E-state index >= 15 is 0 Å². The first-order chi connectivity index (χ1) is 5.86. The maximum Gasteiger partial charge on any atom is 0.315 e. The van der Waals surface area contributed by atoms with Crippen molar-refractivity contribution in [3.05, 3.63) is 35.9 Å². The summed E-state index contributed by atoms with van der Waals surface area (Å²) in [5.74, 6) is 0. The molecule has 12 heavy (non-hydrogen) atoms. The number of amides is 2. The molecule has 2 N–H and O–H groups in total. The lowest BCUT2D eigenvalue weighted by molar-refractivity contribution is 0.247. The van der Waals surface area contributed by atoms with Gasteiger partial charge in [-0.2, -0.15) is 0 Å². The number of carbonyl (C=O) groups excluding carboxylic acids is 1. The third kappa shape index (κ3) is 1.25. The van der Waals surface area contributed by atoms with Crippen LogP contribution in [0.1, 0.15) is 11.6 Å². The Balaban J connectivity index is 2.16. The van der Waals surface area contributed by atoms with Crippen molar-refractivity contribution in [2.45, 2.75) is 6.04 Å². The van der Waals surface area contributed by atoms with Gasteiger partial charge in [0.05, 0.1) is 6.04 Å². The molecule has 0 aliphatic carbocycles. The first-order valence-corrected chi connectivity index (χ1v) is 3.95. The van der Waals surface area contributed by atoms with E-state index in [1.807, 2.05) is 30.3 Å². The summed E-state index contributed by atoms with van der Waals surface area (Å²) in [6.45, 7) is 0.683. The Bertz CT molecular complexity index is 284. The van der Waals surface area contributed by atoms with E-state index in [1.54, 1.807) is 0 Å². The lowest BCUT2D eigenvalue weighted by Gasteiger charge is -2.07. The zero-order valence-corrected chi connectivity index (χ0v) is 6.58. The second-order valence-corrected chi connectivity index (χ2v) is 2.82.